The van der Waals surface area contributed by atoms with Gasteiger partial charge < -0.3 is 52.2 Å². The first-order valence-electron chi connectivity index (χ1n) is 15.3. The number of amides is 2. The SMILES string of the molecule is Nc1cc2cc(c1O)Oc1c(Br)cc(cc1Br)CCNC(=O)/C(=N/O)Cc1cc(N)c(O)c(c1)Oc1c(Br)cc(cc1Br)C/C(=N\O)C(=O)NCC2. The molecular weight excluding hydrogens is 940 g/mol. The van der Waals surface area contributed by atoms with Crippen molar-refractivity contribution in [2.45, 2.75) is 25.7 Å². The molecule has 0 unspecified atom stereocenters. The highest BCUT2D eigenvalue weighted by atomic mass is 79.9. The molecule has 4 aromatic rings. The van der Waals surface area contributed by atoms with Crippen LogP contribution in [0.15, 0.2) is 76.7 Å². The van der Waals surface area contributed by atoms with Gasteiger partial charge in [0.05, 0.1) is 29.3 Å². The molecule has 0 saturated carbocycles. The van der Waals surface area contributed by atoms with Crippen LogP contribution >= 0.6 is 63.7 Å². The highest BCUT2D eigenvalue weighted by molar-refractivity contribution is 9.11. The van der Waals surface area contributed by atoms with Gasteiger partial charge in [-0.25, -0.2) is 0 Å². The van der Waals surface area contributed by atoms with E-state index in [-0.39, 0.29) is 77.5 Å². The third-order valence-electron chi connectivity index (χ3n) is 7.78. The molecule has 8 bridgehead atoms. The van der Waals surface area contributed by atoms with Gasteiger partial charge in [-0.05, 0) is 147 Å². The number of carbonyl (C=O) groups excluding carboxylic acids is 2. The van der Waals surface area contributed by atoms with Crippen molar-refractivity contribution in [3.05, 3.63) is 88.7 Å². The summed E-state index contributed by atoms with van der Waals surface area (Å²) >= 11 is 13.9. The number of rotatable bonds is 0. The number of benzene rings is 4. The lowest BCUT2D eigenvalue weighted by Gasteiger charge is -2.16. The highest BCUT2D eigenvalue weighted by Crippen LogP contribution is 2.44. The minimum atomic E-state index is -0.628. The molecule has 0 radical (unpaired) electrons. The smallest absolute Gasteiger partial charge is 0.269 e. The zero-order chi connectivity index (χ0) is 37.7. The molecule has 0 atom stereocenters. The molecule has 2 amide bonds. The number of ether oxygens (including phenoxy) is 2. The van der Waals surface area contributed by atoms with Crippen molar-refractivity contribution in [3.8, 4) is 34.5 Å². The molecular formula is C34H30Br4N6O8. The average molecular weight is 970 g/mol. The van der Waals surface area contributed by atoms with Crippen LogP contribution in [-0.4, -0.2) is 57.0 Å². The van der Waals surface area contributed by atoms with Crippen LogP contribution in [0.4, 0.5) is 11.4 Å². The van der Waals surface area contributed by atoms with Gasteiger partial charge in [-0.2, -0.15) is 0 Å². The molecule has 0 aromatic heterocycles. The minimum Gasteiger partial charge on any atom is -0.503 e. The van der Waals surface area contributed by atoms with Gasteiger partial charge in [0, 0.05) is 25.9 Å². The van der Waals surface area contributed by atoms with E-state index in [4.69, 9.17) is 20.9 Å². The van der Waals surface area contributed by atoms with E-state index in [1.165, 1.54) is 12.1 Å². The molecule has 10 N–H and O–H groups in total. The summed E-state index contributed by atoms with van der Waals surface area (Å²) in [6.07, 6.45) is 0.461. The number of carbonyl (C=O) groups is 2. The maximum Gasteiger partial charge on any atom is 0.269 e. The van der Waals surface area contributed by atoms with Crippen LogP contribution in [0.3, 0.4) is 0 Å². The summed E-state index contributed by atoms with van der Waals surface area (Å²) in [5.74, 6) is -1.24. The standard InChI is InChI=1S/C34H30Br4N6O8/c35-19-5-15-1-3-41-34(48)26(44-50)12-18-10-24(40)30(46)28(14-18)52-32-21(37)7-17(8-22(32)38)11-25(43-49)33(47)42-4-2-16-9-23(39)29(45)27(13-16)51-31(19)20(36)6-15/h5-10,13-14,45-46,49-50H,1-4,11-12,39-40H2,(H,41,48)(H,42,47)/b43-25+,44-26+. The number of hydrogen-bond donors (Lipinski definition) is 8. The fourth-order valence-corrected chi connectivity index (χ4v) is 8.11. The predicted molar refractivity (Wildman–Crippen MR) is 208 cm³/mol. The van der Waals surface area contributed by atoms with Crippen LogP contribution in [-0.2, 0) is 35.3 Å². The second kappa shape index (κ2) is 16.9. The summed E-state index contributed by atoms with van der Waals surface area (Å²) in [5.41, 5.74) is 14.2. The number of halogens is 4. The number of nitrogens with zero attached hydrogens (tertiary/aromatic N) is 2. The number of hydrogen-bond acceptors (Lipinski definition) is 12. The summed E-state index contributed by atoms with van der Waals surface area (Å²) in [6.45, 7) is 0.320. The lowest BCUT2D eigenvalue weighted by atomic mass is 10.1. The van der Waals surface area contributed by atoms with Crippen LogP contribution in [0.2, 0.25) is 0 Å². The molecule has 4 aliphatic heterocycles. The van der Waals surface area contributed by atoms with Crippen molar-refractivity contribution in [1.29, 1.82) is 0 Å². The van der Waals surface area contributed by atoms with Crippen molar-refractivity contribution in [2.24, 2.45) is 10.3 Å². The largest absolute Gasteiger partial charge is 0.503 e. The summed E-state index contributed by atoms with van der Waals surface area (Å²) in [6, 6.07) is 12.9. The van der Waals surface area contributed by atoms with E-state index in [1.807, 2.05) is 0 Å². The Kier molecular flexibility index (Phi) is 12.6. The summed E-state index contributed by atoms with van der Waals surface area (Å²) < 4.78 is 14.0. The third-order valence-corrected chi connectivity index (χ3v) is 10.1. The van der Waals surface area contributed by atoms with Crippen LogP contribution in [0, 0.1) is 0 Å². The molecule has 4 aliphatic rings. The third kappa shape index (κ3) is 9.09. The summed E-state index contributed by atoms with van der Waals surface area (Å²) in [4.78, 5) is 26.0. The van der Waals surface area contributed by atoms with Gasteiger partial charge in [-0.1, -0.05) is 10.3 Å². The van der Waals surface area contributed by atoms with Crippen molar-refractivity contribution >= 4 is 98.3 Å². The van der Waals surface area contributed by atoms with E-state index in [0.29, 0.717) is 53.2 Å². The van der Waals surface area contributed by atoms with Gasteiger partial charge in [-0.3, -0.25) is 9.59 Å². The Morgan fingerprint density at radius 1 is 0.577 bits per heavy atom. The number of phenolic OH excluding ortho intramolecular Hbond substituents is 2. The van der Waals surface area contributed by atoms with E-state index in [9.17, 15) is 30.2 Å². The Morgan fingerprint density at radius 3 is 1.35 bits per heavy atom. The Balaban J connectivity index is 1.49. The van der Waals surface area contributed by atoms with E-state index >= 15 is 0 Å². The minimum absolute atomic E-state index is 0.0434. The monoisotopic (exact) mass is 966 g/mol. The summed E-state index contributed by atoms with van der Waals surface area (Å²) in [5, 5.41) is 52.7. The van der Waals surface area contributed by atoms with Crippen LogP contribution in [0.5, 0.6) is 34.5 Å². The molecule has 0 fully saturated rings. The first-order chi connectivity index (χ1) is 24.8. The number of nitrogens with two attached hydrogens (primary N) is 2. The second-order valence-electron chi connectivity index (χ2n) is 11.5. The zero-order valence-electron chi connectivity index (χ0n) is 26.8. The van der Waals surface area contributed by atoms with E-state index in [1.54, 1.807) is 36.4 Å². The molecule has 4 heterocycles. The quantitative estimate of drug-likeness (QED) is 0.0403. The Bertz CT molecular complexity index is 2080. The molecule has 0 spiro atoms. The zero-order valence-corrected chi connectivity index (χ0v) is 33.2. The van der Waals surface area contributed by atoms with Crippen LogP contribution in [0.1, 0.15) is 22.3 Å². The van der Waals surface area contributed by atoms with Gasteiger partial charge in [-0.15, -0.1) is 0 Å². The van der Waals surface area contributed by atoms with Gasteiger partial charge in [0.2, 0.25) is 0 Å². The molecule has 4 aromatic carbocycles. The molecule has 272 valence electrons. The lowest BCUT2D eigenvalue weighted by molar-refractivity contribution is -0.115. The topological polar surface area (TPSA) is 234 Å². The molecule has 0 aliphatic carbocycles. The number of aromatic hydroxyl groups is 2. The molecule has 0 saturated heterocycles. The van der Waals surface area contributed by atoms with E-state index < -0.39 is 11.8 Å². The van der Waals surface area contributed by atoms with Crippen molar-refractivity contribution < 1.29 is 39.7 Å². The van der Waals surface area contributed by atoms with Gasteiger partial charge in [0.15, 0.2) is 34.5 Å². The first-order valence-corrected chi connectivity index (χ1v) is 18.5. The Morgan fingerprint density at radius 2 is 0.923 bits per heavy atom. The lowest BCUT2D eigenvalue weighted by Crippen LogP contribution is -2.33. The Hall–Kier alpha value is -4.52. The average Bonchev–Trinajstić information content (AvgIpc) is 3.09. The van der Waals surface area contributed by atoms with Crippen LogP contribution in [0.25, 0.3) is 0 Å². The Labute approximate surface area is 330 Å². The second-order valence-corrected chi connectivity index (χ2v) is 14.9. The van der Waals surface area contributed by atoms with Crippen molar-refractivity contribution in [3.63, 3.8) is 0 Å². The maximum absolute atomic E-state index is 13.0. The maximum atomic E-state index is 13.0. The molecule has 52 heavy (non-hydrogen) atoms. The van der Waals surface area contributed by atoms with Crippen molar-refractivity contribution in [2.75, 3.05) is 24.6 Å². The first kappa shape index (κ1) is 38.7. The van der Waals surface area contributed by atoms with Crippen LogP contribution < -0.4 is 31.6 Å². The number of nitrogens with one attached hydrogen (secondary N) is 2. The van der Waals surface area contributed by atoms with Gasteiger partial charge in [0.25, 0.3) is 11.8 Å². The molecule has 14 nitrogen and oxygen atoms in total. The highest BCUT2D eigenvalue weighted by Gasteiger charge is 2.21. The van der Waals surface area contributed by atoms with Gasteiger partial charge in [0.1, 0.15) is 11.4 Å². The van der Waals surface area contributed by atoms with E-state index in [2.05, 4.69) is 84.7 Å². The van der Waals surface area contributed by atoms with Gasteiger partial charge >= 0.3 is 0 Å². The normalized spacial score (nSPS) is 16.1. The molecule has 8 rings (SSSR count). The predicted octanol–water partition coefficient (Wildman–Crippen LogP) is 6.67. The number of nitrogen functional groups attached to an aromatic ring is 2. The summed E-state index contributed by atoms with van der Waals surface area (Å²) in [7, 11) is 0. The fourth-order valence-electron chi connectivity index (χ4n) is 5.22. The van der Waals surface area contributed by atoms with E-state index in [0.717, 1.165) is 5.56 Å². The number of anilines is 2. The number of phenols is 2. The fraction of sp³-hybridized carbons (Fsp3) is 0.176. The number of oxime groups is 2. The molecule has 18 heteroatoms. The van der Waals surface area contributed by atoms with Crippen molar-refractivity contribution in [1.82, 2.24) is 10.6 Å².